The zero-order valence-electron chi connectivity index (χ0n) is 16.9. The van der Waals surface area contributed by atoms with E-state index in [1.54, 1.807) is 13.1 Å². The second-order valence-electron chi connectivity index (χ2n) is 8.01. The summed E-state index contributed by atoms with van der Waals surface area (Å²) < 4.78 is 0. The summed E-state index contributed by atoms with van der Waals surface area (Å²) in [5.74, 6) is 1.98. The summed E-state index contributed by atoms with van der Waals surface area (Å²) in [6.45, 7) is 4.99. The molecule has 2 aliphatic heterocycles. The maximum absolute atomic E-state index is 11.7. The standard InChI is InChI=1S/C22H28ClN5O/c1-16(29)27-11-6-10-19(15-27)25-22-24-13-20(23)21(26-22)28-12-5-9-18(14-28)17-7-3-2-4-8-17/h2-4,7-8,13,18-19H,5-6,9-12,14-15H2,1H3,(H,24,25,26)/t18?,19-/m0/s1. The molecule has 29 heavy (non-hydrogen) atoms. The Kier molecular flexibility index (Phi) is 6.19. The average Bonchev–Trinajstić information content (AvgIpc) is 2.76. The number of hydrogen-bond donors (Lipinski definition) is 1. The Hall–Kier alpha value is -2.34. The molecule has 0 bridgehead atoms. The Morgan fingerprint density at radius 1 is 1.14 bits per heavy atom. The highest BCUT2D eigenvalue weighted by Gasteiger charge is 2.25. The van der Waals surface area contributed by atoms with E-state index in [-0.39, 0.29) is 11.9 Å². The second-order valence-corrected chi connectivity index (χ2v) is 8.42. The summed E-state index contributed by atoms with van der Waals surface area (Å²) in [6, 6.07) is 10.8. The molecule has 1 N–H and O–H groups in total. The Balaban J connectivity index is 1.47. The van der Waals surface area contributed by atoms with Crippen molar-refractivity contribution in [3.05, 3.63) is 47.1 Å². The number of anilines is 2. The molecule has 1 aromatic carbocycles. The number of halogens is 1. The number of carbonyl (C=O) groups is 1. The number of piperidine rings is 2. The van der Waals surface area contributed by atoms with Gasteiger partial charge in [0.25, 0.3) is 0 Å². The smallest absolute Gasteiger partial charge is 0.224 e. The molecule has 1 amide bonds. The number of benzene rings is 1. The van der Waals surface area contributed by atoms with E-state index in [0.29, 0.717) is 23.4 Å². The predicted molar refractivity (Wildman–Crippen MR) is 117 cm³/mol. The van der Waals surface area contributed by atoms with Crippen molar-refractivity contribution in [2.75, 3.05) is 36.4 Å². The lowest BCUT2D eigenvalue weighted by Crippen LogP contribution is -2.44. The van der Waals surface area contributed by atoms with Crippen molar-refractivity contribution >= 4 is 29.3 Å². The molecular weight excluding hydrogens is 386 g/mol. The monoisotopic (exact) mass is 413 g/mol. The van der Waals surface area contributed by atoms with Gasteiger partial charge in [0.2, 0.25) is 11.9 Å². The summed E-state index contributed by atoms with van der Waals surface area (Å²) in [6.07, 6.45) is 5.97. The lowest BCUT2D eigenvalue weighted by atomic mass is 9.91. The fraction of sp³-hybridized carbons (Fsp3) is 0.500. The molecule has 2 saturated heterocycles. The zero-order valence-corrected chi connectivity index (χ0v) is 17.6. The average molecular weight is 414 g/mol. The normalized spacial score (nSPS) is 22.4. The van der Waals surface area contributed by atoms with Gasteiger partial charge in [-0.25, -0.2) is 4.98 Å². The molecule has 2 aliphatic rings. The van der Waals surface area contributed by atoms with Crippen LogP contribution in [0.15, 0.2) is 36.5 Å². The minimum absolute atomic E-state index is 0.120. The van der Waals surface area contributed by atoms with Crippen molar-refractivity contribution < 1.29 is 4.79 Å². The first-order valence-corrected chi connectivity index (χ1v) is 10.8. The van der Waals surface area contributed by atoms with E-state index in [1.165, 1.54) is 12.0 Å². The molecule has 3 heterocycles. The van der Waals surface area contributed by atoms with Crippen LogP contribution in [0.3, 0.4) is 0 Å². The van der Waals surface area contributed by atoms with Gasteiger partial charge >= 0.3 is 0 Å². The number of nitrogens with zero attached hydrogens (tertiary/aromatic N) is 4. The van der Waals surface area contributed by atoms with Crippen LogP contribution in [-0.4, -0.2) is 53.0 Å². The SMILES string of the molecule is CC(=O)N1CCC[C@H](Nc2ncc(Cl)c(N3CCCC(c4ccccc4)C3)n2)C1. The van der Waals surface area contributed by atoms with E-state index in [0.717, 1.165) is 44.7 Å². The van der Waals surface area contributed by atoms with Gasteiger partial charge in [0.15, 0.2) is 5.82 Å². The molecular formula is C22H28ClN5O. The lowest BCUT2D eigenvalue weighted by molar-refractivity contribution is -0.129. The van der Waals surface area contributed by atoms with E-state index in [2.05, 4.69) is 45.5 Å². The Morgan fingerprint density at radius 2 is 1.93 bits per heavy atom. The van der Waals surface area contributed by atoms with Gasteiger partial charge in [0.1, 0.15) is 5.02 Å². The number of nitrogens with one attached hydrogen (secondary N) is 1. The van der Waals surface area contributed by atoms with Crippen LogP contribution in [0.4, 0.5) is 11.8 Å². The summed E-state index contributed by atoms with van der Waals surface area (Å²) in [5.41, 5.74) is 1.37. The van der Waals surface area contributed by atoms with Crippen molar-refractivity contribution in [3.8, 4) is 0 Å². The largest absolute Gasteiger partial charge is 0.355 e. The quantitative estimate of drug-likeness (QED) is 0.822. The first-order chi connectivity index (χ1) is 14.1. The van der Waals surface area contributed by atoms with Crippen molar-refractivity contribution in [3.63, 3.8) is 0 Å². The van der Waals surface area contributed by atoms with E-state index in [9.17, 15) is 4.79 Å². The topological polar surface area (TPSA) is 61.4 Å². The van der Waals surface area contributed by atoms with Gasteiger partial charge in [0.05, 0.1) is 6.20 Å². The van der Waals surface area contributed by atoms with Gasteiger partial charge in [-0.2, -0.15) is 4.98 Å². The van der Waals surface area contributed by atoms with Crippen LogP contribution < -0.4 is 10.2 Å². The van der Waals surface area contributed by atoms with Gasteiger partial charge in [0, 0.05) is 45.1 Å². The minimum atomic E-state index is 0.120. The van der Waals surface area contributed by atoms with Gasteiger partial charge in [-0.1, -0.05) is 41.9 Å². The maximum Gasteiger partial charge on any atom is 0.224 e. The molecule has 0 spiro atoms. The maximum atomic E-state index is 11.7. The highest BCUT2D eigenvalue weighted by Crippen LogP contribution is 2.32. The molecule has 2 atom stereocenters. The molecule has 154 valence electrons. The van der Waals surface area contributed by atoms with E-state index in [1.807, 2.05) is 4.90 Å². The molecule has 1 aromatic heterocycles. The van der Waals surface area contributed by atoms with Crippen LogP contribution >= 0.6 is 11.6 Å². The molecule has 4 rings (SSSR count). The first-order valence-electron chi connectivity index (χ1n) is 10.4. The van der Waals surface area contributed by atoms with Crippen LogP contribution in [0, 0.1) is 0 Å². The van der Waals surface area contributed by atoms with Crippen LogP contribution in [0.5, 0.6) is 0 Å². The number of amides is 1. The van der Waals surface area contributed by atoms with Gasteiger partial charge in [-0.05, 0) is 31.2 Å². The molecule has 2 fully saturated rings. The van der Waals surface area contributed by atoms with Crippen LogP contribution in [-0.2, 0) is 4.79 Å². The Bertz CT molecular complexity index is 846. The van der Waals surface area contributed by atoms with Crippen molar-refractivity contribution in [1.29, 1.82) is 0 Å². The number of aromatic nitrogens is 2. The lowest BCUT2D eigenvalue weighted by Gasteiger charge is -2.35. The fourth-order valence-corrected chi connectivity index (χ4v) is 4.59. The van der Waals surface area contributed by atoms with Crippen LogP contribution in [0.25, 0.3) is 0 Å². The van der Waals surface area contributed by atoms with Crippen molar-refractivity contribution in [1.82, 2.24) is 14.9 Å². The van der Waals surface area contributed by atoms with E-state index in [4.69, 9.17) is 16.6 Å². The highest BCUT2D eigenvalue weighted by molar-refractivity contribution is 6.32. The molecule has 0 radical (unpaired) electrons. The third-order valence-electron chi connectivity index (χ3n) is 5.92. The Labute approximate surface area is 177 Å². The third kappa shape index (κ3) is 4.81. The van der Waals surface area contributed by atoms with Gasteiger partial charge in [-0.15, -0.1) is 0 Å². The molecule has 2 aromatic rings. The van der Waals surface area contributed by atoms with E-state index < -0.39 is 0 Å². The third-order valence-corrected chi connectivity index (χ3v) is 6.18. The zero-order chi connectivity index (χ0) is 20.2. The molecule has 7 heteroatoms. The molecule has 0 saturated carbocycles. The summed E-state index contributed by atoms with van der Waals surface area (Å²) in [7, 11) is 0. The molecule has 0 aliphatic carbocycles. The van der Waals surface area contributed by atoms with Crippen LogP contribution in [0.2, 0.25) is 5.02 Å². The summed E-state index contributed by atoms with van der Waals surface area (Å²) in [5, 5.41) is 4.00. The molecule has 1 unspecified atom stereocenters. The minimum Gasteiger partial charge on any atom is -0.355 e. The van der Waals surface area contributed by atoms with Crippen LogP contribution in [0.1, 0.15) is 44.1 Å². The van der Waals surface area contributed by atoms with Gasteiger partial charge < -0.3 is 15.1 Å². The first kappa shape index (κ1) is 20.0. The number of carbonyl (C=O) groups excluding carboxylic acids is 1. The summed E-state index contributed by atoms with van der Waals surface area (Å²) >= 11 is 6.48. The van der Waals surface area contributed by atoms with Crippen molar-refractivity contribution in [2.45, 2.75) is 44.6 Å². The summed E-state index contributed by atoms with van der Waals surface area (Å²) in [4.78, 5) is 25.0. The number of likely N-dealkylation sites (tertiary alicyclic amines) is 1. The molecule has 6 nitrogen and oxygen atoms in total. The number of rotatable bonds is 4. The van der Waals surface area contributed by atoms with E-state index >= 15 is 0 Å². The second kappa shape index (κ2) is 8.99. The number of hydrogen-bond acceptors (Lipinski definition) is 5. The fourth-order valence-electron chi connectivity index (χ4n) is 4.38. The highest BCUT2D eigenvalue weighted by atomic mass is 35.5. The van der Waals surface area contributed by atoms with Crippen molar-refractivity contribution in [2.24, 2.45) is 0 Å². The Morgan fingerprint density at radius 3 is 2.72 bits per heavy atom. The predicted octanol–water partition coefficient (Wildman–Crippen LogP) is 3.94. The van der Waals surface area contributed by atoms with Gasteiger partial charge in [-0.3, -0.25) is 4.79 Å².